The van der Waals surface area contributed by atoms with Gasteiger partial charge >= 0.3 is 0 Å². The summed E-state index contributed by atoms with van der Waals surface area (Å²) in [4.78, 5) is 14.7. The second kappa shape index (κ2) is 7.60. The molecule has 3 rings (SSSR count). The van der Waals surface area contributed by atoms with E-state index in [1.807, 2.05) is 43.0 Å². The van der Waals surface area contributed by atoms with E-state index in [4.69, 9.17) is 4.42 Å². The minimum atomic E-state index is -0.234. The molecule has 2 aromatic rings. The topological polar surface area (TPSA) is 59.2 Å². The number of amides is 1. The van der Waals surface area contributed by atoms with E-state index in [1.165, 1.54) is 18.2 Å². The number of hydrogen-bond acceptors (Lipinski definition) is 5. The average molecular weight is 359 g/mol. The number of aryl methyl sites for hydroxylation is 1. The van der Waals surface area contributed by atoms with E-state index in [-0.39, 0.29) is 11.2 Å². The zero-order chi connectivity index (χ0) is 18.0. The molecule has 1 aliphatic rings. The summed E-state index contributed by atoms with van der Waals surface area (Å²) in [5.41, 5.74) is 2.02. The first-order valence-electron chi connectivity index (χ1n) is 8.79. The van der Waals surface area contributed by atoms with Crippen molar-refractivity contribution in [3.05, 3.63) is 29.8 Å². The molecular weight excluding hydrogens is 334 g/mol. The summed E-state index contributed by atoms with van der Waals surface area (Å²) in [6.07, 6.45) is 1.19. The molecule has 0 bridgehead atoms. The van der Waals surface area contributed by atoms with Crippen LogP contribution < -0.4 is 0 Å². The van der Waals surface area contributed by atoms with E-state index in [0.29, 0.717) is 22.9 Å². The monoisotopic (exact) mass is 359 g/mol. The lowest BCUT2D eigenvalue weighted by Gasteiger charge is -2.36. The molecule has 0 saturated carbocycles. The molecule has 3 unspecified atom stereocenters. The molecule has 1 fully saturated rings. The Hall–Kier alpha value is -1.82. The second-order valence-corrected chi connectivity index (χ2v) is 8.43. The summed E-state index contributed by atoms with van der Waals surface area (Å²) >= 11 is 1.34. The third-order valence-corrected chi connectivity index (χ3v) is 5.51. The Balaban J connectivity index is 1.66. The van der Waals surface area contributed by atoms with Crippen LogP contribution in [-0.4, -0.2) is 39.3 Å². The SMILES string of the molecule is Cc1ccccc1-c1nnc(SC(C)C(=O)N2CC(C)CC(C)C2)o1. The van der Waals surface area contributed by atoms with Gasteiger partial charge in [0.25, 0.3) is 5.22 Å². The molecule has 0 spiro atoms. The standard InChI is InChI=1S/C19H25N3O2S/c1-12-9-13(2)11-22(10-12)18(23)15(4)25-19-21-20-17(24-19)16-8-6-5-7-14(16)3/h5-8,12-13,15H,9-11H2,1-4H3. The number of nitrogens with zero attached hydrogens (tertiary/aromatic N) is 3. The maximum atomic E-state index is 12.7. The molecule has 6 heteroatoms. The number of likely N-dealkylation sites (tertiary alicyclic amines) is 1. The van der Waals surface area contributed by atoms with Crippen molar-refractivity contribution >= 4 is 17.7 Å². The van der Waals surface area contributed by atoms with E-state index >= 15 is 0 Å². The predicted octanol–water partition coefficient (Wildman–Crippen LogP) is 4.03. The largest absolute Gasteiger partial charge is 0.411 e. The van der Waals surface area contributed by atoms with Crippen molar-refractivity contribution in [1.82, 2.24) is 15.1 Å². The number of rotatable bonds is 4. The highest BCUT2D eigenvalue weighted by Gasteiger charge is 2.29. The second-order valence-electron chi connectivity index (χ2n) is 7.14. The van der Waals surface area contributed by atoms with Crippen molar-refractivity contribution < 1.29 is 9.21 Å². The summed E-state index contributed by atoms with van der Waals surface area (Å²) in [6, 6.07) is 7.90. The van der Waals surface area contributed by atoms with Crippen LogP contribution in [0.15, 0.2) is 33.9 Å². The Labute approximate surface area is 153 Å². The Morgan fingerprint density at radius 3 is 2.60 bits per heavy atom. The van der Waals surface area contributed by atoms with Gasteiger partial charge < -0.3 is 9.32 Å². The quantitative estimate of drug-likeness (QED) is 0.771. The van der Waals surface area contributed by atoms with E-state index in [0.717, 1.165) is 24.2 Å². The first kappa shape index (κ1) is 18.0. The number of carbonyl (C=O) groups excluding carboxylic acids is 1. The van der Waals surface area contributed by atoms with Gasteiger partial charge in [0, 0.05) is 18.7 Å². The molecule has 3 atom stereocenters. The Morgan fingerprint density at radius 1 is 1.24 bits per heavy atom. The molecule has 1 aromatic heterocycles. The van der Waals surface area contributed by atoms with Gasteiger partial charge in [0.2, 0.25) is 11.8 Å². The highest BCUT2D eigenvalue weighted by atomic mass is 32.2. The predicted molar refractivity (Wildman–Crippen MR) is 99.3 cm³/mol. The Morgan fingerprint density at radius 2 is 1.92 bits per heavy atom. The molecule has 25 heavy (non-hydrogen) atoms. The minimum Gasteiger partial charge on any atom is -0.411 e. The Bertz CT molecular complexity index is 736. The fourth-order valence-electron chi connectivity index (χ4n) is 3.48. The fraction of sp³-hybridized carbons (Fsp3) is 0.526. The molecule has 0 N–H and O–H groups in total. The van der Waals surface area contributed by atoms with Crippen molar-refractivity contribution in [3.63, 3.8) is 0 Å². The molecule has 1 amide bonds. The number of thioether (sulfide) groups is 1. The van der Waals surface area contributed by atoms with Gasteiger partial charge in [-0.3, -0.25) is 4.79 Å². The van der Waals surface area contributed by atoms with E-state index in [2.05, 4.69) is 24.0 Å². The smallest absolute Gasteiger partial charge is 0.277 e. The normalized spacial score (nSPS) is 22.0. The van der Waals surface area contributed by atoms with Crippen LogP contribution in [0.4, 0.5) is 0 Å². The van der Waals surface area contributed by atoms with Crippen LogP contribution in [0.5, 0.6) is 0 Å². The van der Waals surface area contributed by atoms with Crippen LogP contribution in [0, 0.1) is 18.8 Å². The maximum absolute atomic E-state index is 12.7. The minimum absolute atomic E-state index is 0.152. The van der Waals surface area contributed by atoms with Crippen molar-refractivity contribution in [1.29, 1.82) is 0 Å². The summed E-state index contributed by atoms with van der Waals surface area (Å²) in [7, 11) is 0. The van der Waals surface area contributed by atoms with Crippen molar-refractivity contribution in [2.75, 3.05) is 13.1 Å². The third kappa shape index (κ3) is 4.24. The third-order valence-electron chi connectivity index (χ3n) is 4.59. The lowest BCUT2D eigenvalue weighted by molar-refractivity contribution is -0.132. The molecule has 0 radical (unpaired) electrons. The first-order chi connectivity index (χ1) is 11.9. The Kier molecular flexibility index (Phi) is 5.47. The molecule has 1 saturated heterocycles. The molecule has 5 nitrogen and oxygen atoms in total. The van der Waals surface area contributed by atoms with Gasteiger partial charge in [0.15, 0.2) is 0 Å². The number of hydrogen-bond donors (Lipinski definition) is 0. The number of piperidine rings is 1. The van der Waals surface area contributed by atoms with Crippen molar-refractivity contribution in [3.8, 4) is 11.5 Å². The van der Waals surface area contributed by atoms with Crippen LogP contribution in [0.2, 0.25) is 0 Å². The van der Waals surface area contributed by atoms with Gasteiger partial charge in [-0.25, -0.2) is 0 Å². The van der Waals surface area contributed by atoms with E-state index < -0.39 is 0 Å². The number of benzene rings is 1. The summed E-state index contributed by atoms with van der Waals surface area (Å²) in [5, 5.41) is 8.45. The molecule has 0 aliphatic carbocycles. The van der Waals surface area contributed by atoms with Crippen LogP contribution in [-0.2, 0) is 4.79 Å². The van der Waals surface area contributed by atoms with E-state index in [9.17, 15) is 4.79 Å². The van der Waals surface area contributed by atoms with Crippen LogP contribution in [0.1, 0.15) is 32.8 Å². The number of carbonyl (C=O) groups is 1. The van der Waals surface area contributed by atoms with Gasteiger partial charge in [-0.05, 0) is 43.7 Å². The lowest BCUT2D eigenvalue weighted by Crippen LogP contribution is -2.45. The van der Waals surface area contributed by atoms with Crippen LogP contribution in [0.25, 0.3) is 11.5 Å². The molecule has 134 valence electrons. The number of aromatic nitrogens is 2. The van der Waals surface area contributed by atoms with Crippen molar-refractivity contribution in [2.24, 2.45) is 11.8 Å². The molecular formula is C19H25N3O2S. The summed E-state index contributed by atoms with van der Waals surface area (Å²) in [6.45, 7) is 10.0. The maximum Gasteiger partial charge on any atom is 0.277 e. The summed E-state index contributed by atoms with van der Waals surface area (Å²) < 4.78 is 5.77. The highest BCUT2D eigenvalue weighted by molar-refractivity contribution is 8.00. The van der Waals surface area contributed by atoms with Gasteiger partial charge in [-0.2, -0.15) is 0 Å². The fourth-order valence-corrected chi connectivity index (χ4v) is 4.25. The zero-order valence-electron chi connectivity index (χ0n) is 15.2. The molecule has 2 heterocycles. The van der Waals surface area contributed by atoms with Crippen molar-refractivity contribution in [2.45, 2.75) is 44.6 Å². The van der Waals surface area contributed by atoms with E-state index in [1.54, 1.807) is 0 Å². The lowest BCUT2D eigenvalue weighted by atomic mass is 9.92. The van der Waals surface area contributed by atoms with Crippen LogP contribution >= 0.6 is 11.8 Å². The highest BCUT2D eigenvalue weighted by Crippen LogP contribution is 2.29. The summed E-state index contributed by atoms with van der Waals surface area (Å²) in [5.74, 6) is 1.77. The first-order valence-corrected chi connectivity index (χ1v) is 9.67. The van der Waals surface area contributed by atoms with Crippen LogP contribution in [0.3, 0.4) is 0 Å². The van der Waals surface area contributed by atoms with Gasteiger partial charge in [-0.15, -0.1) is 10.2 Å². The molecule has 1 aliphatic heterocycles. The van der Waals surface area contributed by atoms with Gasteiger partial charge in [0.1, 0.15) is 0 Å². The zero-order valence-corrected chi connectivity index (χ0v) is 16.0. The average Bonchev–Trinajstić information content (AvgIpc) is 3.01. The van der Waals surface area contributed by atoms with Gasteiger partial charge in [-0.1, -0.05) is 43.8 Å². The molecule has 1 aromatic carbocycles. The van der Waals surface area contributed by atoms with Gasteiger partial charge in [0.05, 0.1) is 5.25 Å².